The van der Waals surface area contributed by atoms with Gasteiger partial charge in [-0.1, -0.05) is 0 Å². The van der Waals surface area contributed by atoms with Gasteiger partial charge in [0.05, 0.1) is 6.61 Å². The van der Waals surface area contributed by atoms with E-state index in [1.54, 1.807) is 39.9 Å². The highest BCUT2D eigenvalue weighted by Crippen LogP contribution is 2.21. The van der Waals surface area contributed by atoms with Gasteiger partial charge in [-0.15, -0.1) is 0 Å². The number of hydrogen-bond donors (Lipinski definition) is 1. The molecule has 0 saturated carbocycles. The number of nitrogens with zero attached hydrogens (tertiary/aromatic N) is 2. The van der Waals surface area contributed by atoms with Crippen molar-refractivity contribution in [3.8, 4) is 0 Å². The van der Waals surface area contributed by atoms with Gasteiger partial charge >= 0.3 is 0 Å². The second kappa shape index (κ2) is 5.64. The average molecular weight is 290 g/mol. The van der Waals surface area contributed by atoms with Crippen molar-refractivity contribution in [2.45, 2.75) is 17.9 Å². The summed E-state index contributed by atoms with van der Waals surface area (Å²) < 4.78 is 28.1. The third-order valence-electron chi connectivity index (χ3n) is 3.06. The molecule has 1 aromatic heterocycles. The van der Waals surface area contributed by atoms with Gasteiger partial charge in [0.2, 0.25) is 10.0 Å². The largest absolute Gasteiger partial charge is 0.390 e. The van der Waals surface area contributed by atoms with Crippen LogP contribution in [-0.2, 0) is 23.7 Å². The molecule has 1 saturated heterocycles. The zero-order valence-electron chi connectivity index (χ0n) is 10.4. The van der Waals surface area contributed by atoms with E-state index in [2.05, 4.69) is 0 Å². The lowest BCUT2D eigenvalue weighted by Crippen LogP contribution is -2.32. The molecule has 2 heterocycles. The van der Waals surface area contributed by atoms with E-state index in [0.717, 1.165) is 17.9 Å². The maximum atomic E-state index is 12.4. The van der Waals surface area contributed by atoms with Crippen LogP contribution in [0.1, 0.15) is 12.1 Å². The van der Waals surface area contributed by atoms with Crippen LogP contribution in [-0.4, -0.2) is 47.0 Å². The van der Waals surface area contributed by atoms with E-state index in [1.807, 2.05) is 0 Å². The summed E-state index contributed by atoms with van der Waals surface area (Å²) in [4.78, 5) is 0.279. The first-order valence-corrected chi connectivity index (χ1v) is 8.49. The molecule has 1 aromatic rings. The van der Waals surface area contributed by atoms with Crippen molar-refractivity contribution in [1.82, 2.24) is 8.87 Å². The summed E-state index contributed by atoms with van der Waals surface area (Å²) in [5, 5.41) is 9.12. The summed E-state index contributed by atoms with van der Waals surface area (Å²) in [6, 6.07) is 1.55. The molecule has 0 amide bonds. The van der Waals surface area contributed by atoms with Crippen LogP contribution in [0.25, 0.3) is 0 Å². The third kappa shape index (κ3) is 2.74. The molecule has 1 fully saturated rings. The lowest BCUT2D eigenvalue weighted by atomic mass is 10.5. The number of aromatic nitrogens is 1. The van der Waals surface area contributed by atoms with Crippen molar-refractivity contribution in [2.75, 3.05) is 24.6 Å². The zero-order chi connectivity index (χ0) is 13.2. The normalized spacial score (nSPS) is 18.8. The molecule has 1 aliphatic rings. The molecular weight excluding hydrogens is 272 g/mol. The molecule has 2 rings (SSSR count). The van der Waals surface area contributed by atoms with Gasteiger partial charge < -0.3 is 9.67 Å². The molecular formula is C11H18N2O3S2. The van der Waals surface area contributed by atoms with Gasteiger partial charge in [0.1, 0.15) is 4.90 Å². The third-order valence-corrected chi connectivity index (χ3v) is 5.98. The Labute approximate surface area is 112 Å². The second-order valence-electron chi connectivity index (χ2n) is 4.31. The molecule has 102 valence electrons. The number of thioether (sulfide) groups is 1. The molecule has 0 radical (unpaired) electrons. The number of aliphatic hydroxyl groups is 1. The highest BCUT2D eigenvalue weighted by Gasteiger charge is 2.26. The van der Waals surface area contributed by atoms with Gasteiger partial charge in [-0.2, -0.15) is 16.1 Å². The first-order valence-electron chi connectivity index (χ1n) is 5.89. The van der Waals surface area contributed by atoms with Gasteiger partial charge in [0, 0.05) is 37.8 Å². The fourth-order valence-corrected chi connectivity index (χ4v) is 4.57. The van der Waals surface area contributed by atoms with Crippen molar-refractivity contribution >= 4 is 21.8 Å². The van der Waals surface area contributed by atoms with Gasteiger partial charge in [-0.3, -0.25) is 0 Å². The Kier molecular flexibility index (Phi) is 4.37. The van der Waals surface area contributed by atoms with E-state index in [9.17, 15) is 8.42 Å². The summed E-state index contributed by atoms with van der Waals surface area (Å²) in [5.41, 5.74) is 0.609. The van der Waals surface area contributed by atoms with Crippen LogP contribution in [0.15, 0.2) is 17.2 Å². The summed E-state index contributed by atoms with van der Waals surface area (Å²) in [6.45, 7) is 0.997. The Bertz CT molecular complexity index is 502. The van der Waals surface area contributed by atoms with E-state index in [4.69, 9.17) is 5.11 Å². The zero-order valence-corrected chi connectivity index (χ0v) is 12.0. The fraction of sp³-hybridized carbons (Fsp3) is 0.636. The van der Waals surface area contributed by atoms with Crippen LogP contribution < -0.4 is 0 Å². The molecule has 18 heavy (non-hydrogen) atoms. The van der Waals surface area contributed by atoms with Gasteiger partial charge in [-0.05, 0) is 18.2 Å². The van der Waals surface area contributed by atoms with Crippen LogP contribution in [0.4, 0.5) is 0 Å². The first-order chi connectivity index (χ1) is 8.55. The van der Waals surface area contributed by atoms with E-state index < -0.39 is 10.0 Å². The minimum absolute atomic E-state index is 0.151. The predicted octanol–water partition coefficient (Wildman–Crippen LogP) is 0.645. The lowest BCUT2D eigenvalue weighted by molar-refractivity contribution is 0.272. The Morgan fingerprint density at radius 3 is 2.83 bits per heavy atom. The van der Waals surface area contributed by atoms with Crippen LogP contribution in [0.3, 0.4) is 0 Å². The Morgan fingerprint density at radius 1 is 1.39 bits per heavy atom. The van der Waals surface area contributed by atoms with E-state index >= 15 is 0 Å². The van der Waals surface area contributed by atoms with E-state index in [-0.39, 0.29) is 11.5 Å². The van der Waals surface area contributed by atoms with Crippen LogP contribution in [0, 0.1) is 0 Å². The average Bonchev–Trinajstić information content (AvgIpc) is 2.55. The highest BCUT2D eigenvalue weighted by atomic mass is 32.2. The van der Waals surface area contributed by atoms with Crippen LogP contribution >= 0.6 is 11.8 Å². The molecule has 1 aliphatic heterocycles. The molecule has 0 unspecified atom stereocenters. The Hall–Kier alpha value is -0.500. The minimum Gasteiger partial charge on any atom is -0.390 e. The molecule has 0 atom stereocenters. The SMILES string of the molecule is Cn1cc(S(=O)(=O)N2CCCSCC2)cc1CO. The summed E-state index contributed by atoms with van der Waals surface area (Å²) in [7, 11) is -1.67. The van der Waals surface area contributed by atoms with Crippen molar-refractivity contribution in [3.05, 3.63) is 18.0 Å². The number of sulfonamides is 1. The fourth-order valence-electron chi connectivity index (χ4n) is 1.99. The predicted molar refractivity (Wildman–Crippen MR) is 72.0 cm³/mol. The van der Waals surface area contributed by atoms with Crippen molar-refractivity contribution in [1.29, 1.82) is 0 Å². The van der Waals surface area contributed by atoms with E-state index in [1.165, 1.54) is 0 Å². The molecule has 0 spiro atoms. The van der Waals surface area contributed by atoms with Crippen molar-refractivity contribution in [2.24, 2.45) is 7.05 Å². The minimum atomic E-state index is -3.41. The van der Waals surface area contributed by atoms with Gasteiger partial charge in [0.15, 0.2) is 0 Å². The first kappa shape index (κ1) is 13.9. The Balaban J connectivity index is 2.28. The number of rotatable bonds is 3. The number of hydrogen-bond acceptors (Lipinski definition) is 4. The van der Waals surface area contributed by atoms with Gasteiger partial charge in [0.25, 0.3) is 0 Å². The number of aryl methyl sites for hydroxylation is 1. The molecule has 0 bridgehead atoms. The summed E-state index contributed by atoms with van der Waals surface area (Å²) in [6.07, 6.45) is 2.46. The van der Waals surface area contributed by atoms with E-state index in [0.29, 0.717) is 18.8 Å². The Morgan fingerprint density at radius 2 is 2.17 bits per heavy atom. The molecule has 5 nitrogen and oxygen atoms in total. The lowest BCUT2D eigenvalue weighted by Gasteiger charge is -2.18. The standard InChI is InChI=1S/C11H18N2O3S2/c1-12-8-11(7-10(12)9-14)18(15,16)13-3-2-5-17-6-4-13/h7-8,14H,2-6,9H2,1H3. The monoisotopic (exact) mass is 290 g/mol. The van der Waals surface area contributed by atoms with Gasteiger partial charge in [-0.25, -0.2) is 8.42 Å². The highest BCUT2D eigenvalue weighted by molar-refractivity contribution is 7.99. The molecule has 7 heteroatoms. The maximum Gasteiger partial charge on any atom is 0.244 e. The summed E-state index contributed by atoms with van der Waals surface area (Å²) >= 11 is 1.79. The van der Waals surface area contributed by atoms with Crippen molar-refractivity contribution in [3.63, 3.8) is 0 Å². The van der Waals surface area contributed by atoms with Crippen molar-refractivity contribution < 1.29 is 13.5 Å². The molecule has 0 aromatic carbocycles. The topological polar surface area (TPSA) is 62.5 Å². The smallest absolute Gasteiger partial charge is 0.244 e. The molecule has 1 N–H and O–H groups in total. The van der Waals surface area contributed by atoms with Crippen LogP contribution in [0.5, 0.6) is 0 Å². The number of aliphatic hydroxyl groups excluding tert-OH is 1. The molecule has 0 aliphatic carbocycles. The second-order valence-corrected chi connectivity index (χ2v) is 7.47. The quantitative estimate of drug-likeness (QED) is 0.887. The maximum absolute atomic E-state index is 12.4. The summed E-state index contributed by atoms with van der Waals surface area (Å²) in [5.74, 6) is 1.86. The van der Waals surface area contributed by atoms with Crippen LogP contribution in [0.2, 0.25) is 0 Å².